The average Bonchev–Trinajstić information content (AvgIpc) is 3.74. The van der Waals surface area contributed by atoms with Gasteiger partial charge in [0.1, 0.15) is 0 Å². The second kappa shape index (κ2) is 10.6. The zero-order chi connectivity index (χ0) is 30.4. The number of amides is 4. The third kappa shape index (κ3) is 4.47. The molecule has 3 heterocycles. The molecule has 7 rings (SSSR count). The number of benzene rings is 4. The van der Waals surface area contributed by atoms with Gasteiger partial charge in [0.05, 0.1) is 46.7 Å². The predicted molar refractivity (Wildman–Crippen MR) is 166 cm³/mol. The van der Waals surface area contributed by atoms with Crippen molar-refractivity contribution in [1.29, 1.82) is 0 Å². The molecule has 2 aliphatic rings. The largest absolute Gasteiger partial charge is 0.354 e. The van der Waals surface area contributed by atoms with Crippen molar-refractivity contribution in [2.75, 3.05) is 10.2 Å². The van der Waals surface area contributed by atoms with Crippen molar-refractivity contribution in [3.8, 4) is 11.3 Å². The third-order valence-corrected chi connectivity index (χ3v) is 7.81. The van der Waals surface area contributed by atoms with Gasteiger partial charge in [0, 0.05) is 29.9 Å². The van der Waals surface area contributed by atoms with Gasteiger partial charge in [0.15, 0.2) is 0 Å². The Balaban J connectivity index is 1.26. The monoisotopic (exact) mass is 579 g/mol. The summed E-state index contributed by atoms with van der Waals surface area (Å²) < 4.78 is 0. The Bertz CT molecular complexity index is 1960. The van der Waals surface area contributed by atoms with E-state index in [0.717, 1.165) is 22.5 Å². The fraction of sp³-hybridized carbons (Fsp3) is 0.0571. The summed E-state index contributed by atoms with van der Waals surface area (Å²) in [5, 5.41) is 3.43. The van der Waals surface area contributed by atoms with Crippen LogP contribution in [0.15, 0.2) is 110 Å². The molecule has 1 aromatic heterocycles. The lowest BCUT2D eigenvalue weighted by Gasteiger charge is -2.17. The van der Waals surface area contributed by atoms with Gasteiger partial charge in [-0.25, -0.2) is 9.88 Å². The van der Waals surface area contributed by atoms with Gasteiger partial charge < -0.3 is 10.3 Å². The van der Waals surface area contributed by atoms with Crippen molar-refractivity contribution in [2.24, 2.45) is 0 Å². The molecule has 4 aromatic carbocycles. The van der Waals surface area contributed by atoms with Crippen LogP contribution in [0, 0.1) is 0 Å². The quantitative estimate of drug-likeness (QED) is 0.196. The Morgan fingerprint density at radius 3 is 2.02 bits per heavy atom. The molecule has 9 heteroatoms. The molecule has 2 aliphatic heterocycles. The lowest BCUT2D eigenvalue weighted by Crippen LogP contribution is -2.31. The second-order valence-corrected chi connectivity index (χ2v) is 10.5. The lowest BCUT2D eigenvalue weighted by molar-refractivity contribution is -0.122. The van der Waals surface area contributed by atoms with E-state index in [1.54, 1.807) is 42.7 Å². The number of imidazole rings is 1. The van der Waals surface area contributed by atoms with Crippen molar-refractivity contribution in [3.63, 3.8) is 0 Å². The van der Waals surface area contributed by atoms with Crippen LogP contribution in [0.4, 0.5) is 11.4 Å². The maximum absolute atomic E-state index is 13.8. The number of nitrogens with zero attached hydrogens (tertiary/aromatic N) is 3. The minimum absolute atomic E-state index is 0.112. The summed E-state index contributed by atoms with van der Waals surface area (Å²) in [5.74, 6) is -1.45. The average molecular weight is 580 g/mol. The fourth-order valence-electron chi connectivity index (χ4n) is 5.68. The summed E-state index contributed by atoms with van der Waals surface area (Å²) in [6, 6.07) is 29.0. The topological polar surface area (TPSA) is 115 Å². The Morgan fingerprint density at radius 2 is 1.41 bits per heavy atom. The number of aromatic nitrogens is 2. The van der Waals surface area contributed by atoms with Crippen LogP contribution in [0.1, 0.15) is 44.3 Å². The first-order chi connectivity index (χ1) is 21.4. The molecular weight excluding hydrogens is 554 g/mol. The standard InChI is InChI=1S/C35H25N5O4/c1-21(41)40-30-9-5-4-8-28(30)31(35(40)44)32(38-25-16-14-23(15-17-25)29-18-36-20-37-29)24-12-10-22(11-13-24)19-39-33(42)26-6-2-3-7-27(26)34(39)43/h2-18,20,38H,19H2,1H3,(H,36,37). The van der Waals surface area contributed by atoms with Crippen LogP contribution in [0.5, 0.6) is 0 Å². The molecule has 0 fully saturated rings. The smallest absolute Gasteiger partial charge is 0.267 e. The van der Waals surface area contributed by atoms with E-state index in [9.17, 15) is 19.2 Å². The number of carbonyl (C=O) groups is 4. The molecule has 0 bridgehead atoms. The van der Waals surface area contributed by atoms with Crippen LogP contribution in [0.3, 0.4) is 0 Å². The van der Waals surface area contributed by atoms with E-state index in [0.29, 0.717) is 39.2 Å². The number of H-pyrrole nitrogens is 1. The molecule has 0 unspecified atom stereocenters. The summed E-state index contributed by atoms with van der Waals surface area (Å²) in [5.41, 5.74) is 6.74. The summed E-state index contributed by atoms with van der Waals surface area (Å²) in [6.45, 7) is 1.48. The van der Waals surface area contributed by atoms with Gasteiger partial charge in [-0.05, 0) is 41.5 Å². The molecule has 0 saturated heterocycles. The first-order valence-corrected chi connectivity index (χ1v) is 14.0. The van der Waals surface area contributed by atoms with E-state index >= 15 is 0 Å². The van der Waals surface area contributed by atoms with Gasteiger partial charge in [0.25, 0.3) is 17.7 Å². The van der Waals surface area contributed by atoms with Gasteiger partial charge in [-0.3, -0.25) is 24.1 Å². The first kappa shape index (κ1) is 26.8. The van der Waals surface area contributed by atoms with Crippen molar-refractivity contribution >= 4 is 46.3 Å². The first-order valence-electron chi connectivity index (χ1n) is 14.0. The van der Waals surface area contributed by atoms with E-state index < -0.39 is 5.91 Å². The number of nitrogens with one attached hydrogen (secondary N) is 2. The predicted octanol–water partition coefficient (Wildman–Crippen LogP) is 5.75. The fourth-order valence-corrected chi connectivity index (χ4v) is 5.68. The third-order valence-electron chi connectivity index (χ3n) is 7.81. The molecule has 0 radical (unpaired) electrons. The number of anilines is 2. The number of fused-ring (bicyclic) bond motifs is 2. The van der Waals surface area contributed by atoms with Crippen LogP contribution in [0.2, 0.25) is 0 Å². The maximum Gasteiger partial charge on any atom is 0.267 e. The zero-order valence-corrected chi connectivity index (χ0v) is 23.6. The summed E-state index contributed by atoms with van der Waals surface area (Å²) >= 11 is 0. The molecule has 0 atom stereocenters. The molecule has 2 N–H and O–H groups in total. The van der Waals surface area contributed by atoms with E-state index in [-0.39, 0.29) is 24.3 Å². The molecule has 4 amide bonds. The van der Waals surface area contributed by atoms with Crippen LogP contribution >= 0.6 is 0 Å². The minimum Gasteiger partial charge on any atom is -0.354 e. The Labute approximate surface area is 252 Å². The van der Waals surface area contributed by atoms with Gasteiger partial charge in [0.2, 0.25) is 5.91 Å². The molecule has 5 aromatic rings. The number of hydrogen-bond acceptors (Lipinski definition) is 6. The van der Waals surface area contributed by atoms with Crippen molar-refractivity contribution in [1.82, 2.24) is 14.9 Å². The number of rotatable bonds is 6. The van der Waals surface area contributed by atoms with Gasteiger partial charge in [-0.2, -0.15) is 0 Å². The number of para-hydroxylation sites is 1. The molecule has 0 saturated carbocycles. The molecule has 0 spiro atoms. The molecule has 214 valence electrons. The molecule has 0 aliphatic carbocycles. The van der Waals surface area contributed by atoms with E-state index in [2.05, 4.69) is 15.3 Å². The highest BCUT2D eigenvalue weighted by Gasteiger charge is 2.38. The number of aromatic amines is 1. The van der Waals surface area contributed by atoms with Crippen LogP contribution in [-0.2, 0) is 16.1 Å². The van der Waals surface area contributed by atoms with E-state index in [1.807, 2.05) is 66.9 Å². The number of imide groups is 2. The highest BCUT2D eigenvalue weighted by molar-refractivity contribution is 6.43. The van der Waals surface area contributed by atoms with E-state index in [4.69, 9.17) is 0 Å². The van der Waals surface area contributed by atoms with Crippen molar-refractivity contribution < 1.29 is 19.2 Å². The number of carbonyl (C=O) groups excluding carboxylic acids is 4. The molecule has 9 nitrogen and oxygen atoms in total. The van der Waals surface area contributed by atoms with Crippen LogP contribution in [0.25, 0.3) is 22.5 Å². The second-order valence-electron chi connectivity index (χ2n) is 10.5. The van der Waals surface area contributed by atoms with Gasteiger partial charge in [-0.15, -0.1) is 0 Å². The van der Waals surface area contributed by atoms with Crippen molar-refractivity contribution in [3.05, 3.63) is 137 Å². The van der Waals surface area contributed by atoms with Crippen LogP contribution in [-0.4, -0.2) is 38.5 Å². The SMILES string of the molecule is CC(=O)N1C(=O)C(=C(Nc2ccc(-c3c[nH]cn3)cc2)c2ccc(CN3C(=O)c4ccccc4C3=O)cc2)c2ccccc21. The van der Waals surface area contributed by atoms with Gasteiger partial charge in [-0.1, -0.05) is 66.7 Å². The van der Waals surface area contributed by atoms with E-state index in [1.165, 1.54) is 16.7 Å². The summed E-state index contributed by atoms with van der Waals surface area (Å²) in [6.07, 6.45) is 3.43. The van der Waals surface area contributed by atoms with Crippen molar-refractivity contribution in [2.45, 2.75) is 13.5 Å². The molecular formula is C35H25N5O4. The zero-order valence-electron chi connectivity index (χ0n) is 23.6. The Morgan fingerprint density at radius 1 is 0.773 bits per heavy atom. The minimum atomic E-state index is -0.426. The Kier molecular flexibility index (Phi) is 6.47. The normalized spacial score (nSPS) is 15.0. The number of hydrogen-bond donors (Lipinski definition) is 2. The lowest BCUT2D eigenvalue weighted by atomic mass is 9.99. The van der Waals surface area contributed by atoms with Crippen LogP contribution < -0.4 is 10.2 Å². The Hall–Kier alpha value is -6.09. The highest BCUT2D eigenvalue weighted by Crippen LogP contribution is 2.41. The highest BCUT2D eigenvalue weighted by atomic mass is 16.2. The van der Waals surface area contributed by atoms with Gasteiger partial charge >= 0.3 is 0 Å². The molecule has 44 heavy (non-hydrogen) atoms. The summed E-state index contributed by atoms with van der Waals surface area (Å²) in [4.78, 5) is 61.9. The summed E-state index contributed by atoms with van der Waals surface area (Å²) in [7, 11) is 0. The maximum atomic E-state index is 13.8.